The molecule has 0 aliphatic carbocycles. The molecule has 0 atom stereocenters. The van der Waals surface area contributed by atoms with Gasteiger partial charge >= 0.3 is 0 Å². The lowest BCUT2D eigenvalue weighted by Gasteiger charge is -2.11. The van der Waals surface area contributed by atoms with Gasteiger partial charge in [-0.3, -0.25) is 9.20 Å². The molecule has 0 N–H and O–H groups in total. The van der Waals surface area contributed by atoms with E-state index in [1.54, 1.807) is 0 Å². The second-order valence-electron chi connectivity index (χ2n) is 7.38. The number of aryl methyl sites for hydroxylation is 3. The van der Waals surface area contributed by atoms with Crippen LogP contribution in [0.5, 0.6) is 5.75 Å². The molecule has 0 radical (unpaired) electrons. The first-order chi connectivity index (χ1) is 14.9. The maximum Gasteiger partial charge on any atom is 0.197 e. The van der Waals surface area contributed by atoms with Gasteiger partial charge in [0, 0.05) is 34.4 Å². The second-order valence-corrected chi connectivity index (χ2v) is 8.32. The van der Waals surface area contributed by atoms with Crippen molar-refractivity contribution in [1.82, 2.24) is 24.1 Å². The van der Waals surface area contributed by atoms with Crippen molar-refractivity contribution in [1.29, 1.82) is 0 Å². The van der Waals surface area contributed by atoms with Crippen LogP contribution in [-0.2, 0) is 0 Å². The molecule has 31 heavy (non-hydrogen) atoms. The Kier molecular flexibility index (Phi) is 5.82. The molecule has 0 bridgehead atoms. The average molecular weight is 436 g/mol. The lowest BCUT2D eigenvalue weighted by molar-refractivity contribution is 0.102. The lowest BCUT2D eigenvalue weighted by Crippen LogP contribution is -2.06. The standard InChI is InChI=1S/C23H25N5O2S/c1-6-30-19-9-7-18(8-10-19)27-15(3)12-20(16(27)4)21(29)13-31-23-26-25-22-11-14(2)24-17(5)28(22)23/h7-12H,6,13H2,1-5H3. The zero-order valence-electron chi connectivity index (χ0n) is 18.3. The molecule has 1 aromatic carbocycles. The highest BCUT2D eigenvalue weighted by Crippen LogP contribution is 2.25. The Morgan fingerprint density at radius 1 is 1.06 bits per heavy atom. The number of hydrogen-bond acceptors (Lipinski definition) is 6. The number of benzene rings is 1. The summed E-state index contributed by atoms with van der Waals surface area (Å²) in [6.07, 6.45) is 0. The van der Waals surface area contributed by atoms with Crippen molar-refractivity contribution in [2.24, 2.45) is 0 Å². The lowest BCUT2D eigenvalue weighted by atomic mass is 10.2. The number of aromatic nitrogens is 5. The number of nitrogens with zero attached hydrogens (tertiary/aromatic N) is 5. The molecule has 4 aromatic rings. The van der Waals surface area contributed by atoms with Crippen molar-refractivity contribution in [3.63, 3.8) is 0 Å². The highest BCUT2D eigenvalue weighted by Gasteiger charge is 2.19. The molecule has 3 heterocycles. The topological polar surface area (TPSA) is 74.3 Å². The molecule has 160 valence electrons. The fourth-order valence-electron chi connectivity index (χ4n) is 3.81. The van der Waals surface area contributed by atoms with Gasteiger partial charge in [0.05, 0.1) is 12.4 Å². The van der Waals surface area contributed by atoms with Crippen LogP contribution in [0.15, 0.2) is 41.6 Å². The number of thioether (sulfide) groups is 1. The summed E-state index contributed by atoms with van der Waals surface area (Å²) in [4.78, 5) is 17.5. The van der Waals surface area contributed by atoms with Crippen LogP contribution in [0.4, 0.5) is 0 Å². The predicted octanol–water partition coefficient (Wildman–Crippen LogP) is 4.52. The van der Waals surface area contributed by atoms with E-state index in [0.29, 0.717) is 11.8 Å². The Balaban J connectivity index is 1.55. The van der Waals surface area contributed by atoms with Gasteiger partial charge in [-0.05, 0) is 65.0 Å². The molecule has 0 saturated carbocycles. The summed E-state index contributed by atoms with van der Waals surface area (Å²) in [7, 11) is 0. The zero-order valence-corrected chi connectivity index (χ0v) is 19.2. The summed E-state index contributed by atoms with van der Waals surface area (Å²) in [5.74, 6) is 1.98. The van der Waals surface area contributed by atoms with Gasteiger partial charge in [0.1, 0.15) is 11.6 Å². The molecule has 4 rings (SSSR count). The molecule has 0 spiro atoms. The van der Waals surface area contributed by atoms with Crippen LogP contribution in [0.2, 0.25) is 0 Å². The van der Waals surface area contributed by atoms with Gasteiger partial charge in [0.25, 0.3) is 0 Å². The maximum absolute atomic E-state index is 13.0. The largest absolute Gasteiger partial charge is 0.494 e. The van der Waals surface area contributed by atoms with E-state index in [1.807, 2.05) is 75.4 Å². The summed E-state index contributed by atoms with van der Waals surface area (Å²) in [6.45, 7) is 10.4. The number of carbonyl (C=O) groups is 1. The Hall–Kier alpha value is -3.13. The Labute approximate surface area is 185 Å². The van der Waals surface area contributed by atoms with Gasteiger partial charge in [-0.15, -0.1) is 10.2 Å². The zero-order chi connectivity index (χ0) is 22.1. The van der Waals surface area contributed by atoms with Crippen LogP contribution in [-0.4, -0.2) is 42.3 Å². The van der Waals surface area contributed by atoms with Crippen LogP contribution in [0, 0.1) is 27.7 Å². The van der Waals surface area contributed by atoms with E-state index in [1.165, 1.54) is 11.8 Å². The van der Waals surface area contributed by atoms with E-state index in [9.17, 15) is 4.79 Å². The van der Waals surface area contributed by atoms with Gasteiger partial charge in [-0.25, -0.2) is 4.98 Å². The van der Waals surface area contributed by atoms with Gasteiger partial charge < -0.3 is 9.30 Å². The van der Waals surface area contributed by atoms with Crippen molar-refractivity contribution in [3.8, 4) is 11.4 Å². The third-order valence-corrected chi connectivity index (χ3v) is 6.06. The normalized spacial score (nSPS) is 11.3. The predicted molar refractivity (Wildman–Crippen MR) is 122 cm³/mol. The molecule has 0 unspecified atom stereocenters. The smallest absolute Gasteiger partial charge is 0.197 e. The van der Waals surface area contributed by atoms with Crippen LogP contribution in [0.3, 0.4) is 0 Å². The maximum atomic E-state index is 13.0. The first kappa shape index (κ1) is 21.1. The van der Waals surface area contributed by atoms with Crippen molar-refractivity contribution in [2.75, 3.05) is 12.4 Å². The fraction of sp³-hybridized carbons (Fsp3) is 0.304. The summed E-state index contributed by atoms with van der Waals surface area (Å²) < 4.78 is 9.51. The SMILES string of the molecule is CCOc1ccc(-n2c(C)cc(C(=O)CSc3nnc4cc(C)nc(C)n34)c2C)cc1. The van der Waals surface area contributed by atoms with Gasteiger partial charge in [-0.2, -0.15) is 0 Å². The van der Waals surface area contributed by atoms with E-state index in [4.69, 9.17) is 4.74 Å². The minimum atomic E-state index is 0.0600. The molecule has 0 fully saturated rings. The number of ether oxygens (including phenoxy) is 1. The van der Waals surface area contributed by atoms with Gasteiger partial charge in [0.2, 0.25) is 0 Å². The molecule has 7 nitrogen and oxygen atoms in total. The molecular formula is C23H25N5O2S. The highest BCUT2D eigenvalue weighted by atomic mass is 32.2. The van der Waals surface area contributed by atoms with E-state index in [-0.39, 0.29) is 11.5 Å². The summed E-state index contributed by atoms with van der Waals surface area (Å²) in [6, 6.07) is 11.7. The summed E-state index contributed by atoms with van der Waals surface area (Å²) in [5, 5.41) is 9.13. The van der Waals surface area contributed by atoms with Crippen molar-refractivity contribution >= 4 is 23.2 Å². The number of fused-ring (bicyclic) bond motifs is 1. The fourth-order valence-corrected chi connectivity index (χ4v) is 4.67. The van der Waals surface area contributed by atoms with Crippen LogP contribution in [0.25, 0.3) is 11.3 Å². The molecule has 0 saturated heterocycles. The van der Waals surface area contributed by atoms with Crippen LogP contribution >= 0.6 is 11.8 Å². The Bertz CT molecular complexity index is 1260. The Morgan fingerprint density at radius 3 is 2.52 bits per heavy atom. The number of carbonyl (C=O) groups excluding carboxylic acids is 1. The van der Waals surface area contributed by atoms with Crippen molar-refractivity contribution in [3.05, 3.63) is 64.9 Å². The van der Waals surface area contributed by atoms with Crippen molar-refractivity contribution in [2.45, 2.75) is 39.8 Å². The minimum absolute atomic E-state index is 0.0600. The minimum Gasteiger partial charge on any atom is -0.494 e. The van der Waals surface area contributed by atoms with E-state index in [2.05, 4.69) is 19.7 Å². The van der Waals surface area contributed by atoms with E-state index < -0.39 is 0 Å². The second kappa shape index (κ2) is 8.55. The van der Waals surface area contributed by atoms with Gasteiger partial charge in [0.15, 0.2) is 16.6 Å². The van der Waals surface area contributed by atoms with Crippen LogP contribution < -0.4 is 4.74 Å². The monoisotopic (exact) mass is 435 g/mol. The van der Waals surface area contributed by atoms with Gasteiger partial charge in [-0.1, -0.05) is 11.8 Å². The molecule has 0 aliphatic rings. The number of Topliss-reactive ketones (excluding diaryl/α,β-unsaturated/α-hetero) is 1. The molecule has 3 aromatic heterocycles. The van der Waals surface area contributed by atoms with Crippen molar-refractivity contribution < 1.29 is 9.53 Å². The molecule has 8 heteroatoms. The molecular weight excluding hydrogens is 410 g/mol. The third-order valence-electron chi connectivity index (χ3n) is 5.13. The number of hydrogen-bond donors (Lipinski definition) is 0. The number of rotatable bonds is 7. The number of ketones is 1. The summed E-state index contributed by atoms with van der Waals surface area (Å²) in [5.41, 5.74) is 5.30. The van der Waals surface area contributed by atoms with Crippen LogP contribution in [0.1, 0.15) is 40.2 Å². The van der Waals surface area contributed by atoms with E-state index >= 15 is 0 Å². The first-order valence-corrected chi connectivity index (χ1v) is 11.1. The third kappa shape index (κ3) is 4.07. The quantitative estimate of drug-likeness (QED) is 0.314. The molecule has 0 aliphatic heterocycles. The summed E-state index contributed by atoms with van der Waals surface area (Å²) >= 11 is 1.38. The van der Waals surface area contributed by atoms with E-state index in [0.717, 1.165) is 45.6 Å². The average Bonchev–Trinajstić information content (AvgIpc) is 3.27. The highest BCUT2D eigenvalue weighted by molar-refractivity contribution is 7.99. The molecule has 0 amide bonds. The Morgan fingerprint density at radius 2 is 1.81 bits per heavy atom. The first-order valence-electron chi connectivity index (χ1n) is 10.2.